The summed E-state index contributed by atoms with van der Waals surface area (Å²) < 4.78 is 5.23. The molecule has 0 atom stereocenters. The fraction of sp³-hybridized carbons (Fsp3) is 0.417. The summed E-state index contributed by atoms with van der Waals surface area (Å²) in [7, 11) is 0. The fourth-order valence-corrected chi connectivity index (χ4v) is 2.60. The first kappa shape index (κ1) is 11.7. The monoisotopic (exact) mass is 262 g/mol. The Morgan fingerprint density at radius 3 is 2.78 bits per heavy atom. The zero-order chi connectivity index (χ0) is 12.4. The van der Waals surface area contributed by atoms with Crippen LogP contribution >= 0.6 is 11.8 Å². The van der Waals surface area contributed by atoms with E-state index in [-0.39, 0.29) is 5.54 Å². The number of pyridine rings is 1. The van der Waals surface area contributed by atoms with Gasteiger partial charge in [0.15, 0.2) is 5.82 Å². The molecule has 1 fully saturated rings. The molecule has 0 aliphatic heterocycles. The van der Waals surface area contributed by atoms with Crippen molar-refractivity contribution in [3.63, 3.8) is 0 Å². The van der Waals surface area contributed by atoms with Crippen LogP contribution in [0.25, 0.3) is 0 Å². The Kier molecular flexibility index (Phi) is 3.05. The van der Waals surface area contributed by atoms with Crippen LogP contribution in [-0.2, 0) is 11.3 Å². The summed E-state index contributed by atoms with van der Waals surface area (Å²) in [5, 5.41) is 3.99. The number of nitrogens with two attached hydrogens (primary N) is 1. The van der Waals surface area contributed by atoms with E-state index in [1.54, 1.807) is 24.2 Å². The highest BCUT2D eigenvalue weighted by Gasteiger charge is 2.38. The van der Waals surface area contributed by atoms with Gasteiger partial charge in [0, 0.05) is 17.3 Å². The minimum Gasteiger partial charge on any atom is -0.338 e. The molecule has 0 aromatic carbocycles. The van der Waals surface area contributed by atoms with E-state index in [0.717, 1.165) is 24.2 Å². The number of nitrogens with zero attached hydrogens (tertiary/aromatic N) is 3. The lowest BCUT2D eigenvalue weighted by Crippen LogP contribution is -2.44. The summed E-state index contributed by atoms with van der Waals surface area (Å²) >= 11 is 1.65. The Labute approximate surface area is 109 Å². The van der Waals surface area contributed by atoms with Crippen LogP contribution in [0.2, 0.25) is 0 Å². The summed E-state index contributed by atoms with van der Waals surface area (Å²) in [5.74, 6) is 1.94. The third kappa shape index (κ3) is 2.26. The highest BCUT2D eigenvalue weighted by atomic mass is 32.2. The van der Waals surface area contributed by atoms with Crippen LogP contribution in [-0.4, -0.2) is 15.1 Å². The molecule has 1 aliphatic carbocycles. The molecule has 0 unspecified atom stereocenters. The minimum atomic E-state index is -0.344. The lowest BCUT2D eigenvalue weighted by molar-refractivity contribution is 0.229. The van der Waals surface area contributed by atoms with Crippen LogP contribution in [0.15, 0.2) is 33.9 Å². The van der Waals surface area contributed by atoms with Gasteiger partial charge in [-0.1, -0.05) is 5.16 Å². The summed E-state index contributed by atoms with van der Waals surface area (Å²) in [5.41, 5.74) is 5.80. The van der Waals surface area contributed by atoms with Crippen molar-refractivity contribution in [1.29, 1.82) is 0 Å². The van der Waals surface area contributed by atoms with E-state index in [4.69, 9.17) is 10.3 Å². The molecule has 1 aliphatic rings. The van der Waals surface area contributed by atoms with E-state index in [1.165, 1.54) is 0 Å². The van der Waals surface area contributed by atoms with Gasteiger partial charge in [-0.3, -0.25) is 4.98 Å². The van der Waals surface area contributed by atoms with Crippen LogP contribution in [0.1, 0.15) is 31.0 Å². The Morgan fingerprint density at radius 2 is 2.11 bits per heavy atom. The lowest BCUT2D eigenvalue weighted by atomic mass is 9.77. The molecule has 94 valence electrons. The fourth-order valence-electron chi connectivity index (χ4n) is 1.88. The van der Waals surface area contributed by atoms with Gasteiger partial charge < -0.3 is 10.3 Å². The highest BCUT2D eigenvalue weighted by molar-refractivity contribution is 7.98. The highest BCUT2D eigenvalue weighted by Crippen LogP contribution is 2.37. The predicted molar refractivity (Wildman–Crippen MR) is 67.8 cm³/mol. The van der Waals surface area contributed by atoms with Crippen LogP contribution < -0.4 is 5.73 Å². The standard InChI is InChI=1S/C12H14N4OS/c13-12(4-1-5-12)11-15-10(17-16-11)8-18-9-2-6-14-7-3-9/h2-3,6-7H,1,4-5,8,13H2. The van der Waals surface area contributed by atoms with E-state index >= 15 is 0 Å². The number of hydrogen-bond acceptors (Lipinski definition) is 6. The van der Waals surface area contributed by atoms with E-state index in [2.05, 4.69) is 15.1 Å². The molecule has 0 radical (unpaired) electrons. The number of hydrogen-bond donors (Lipinski definition) is 1. The van der Waals surface area contributed by atoms with Crippen molar-refractivity contribution in [3.8, 4) is 0 Å². The molecule has 0 bridgehead atoms. The zero-order valence-electron chi connectivity index (χ0n) is 9.87. The molecule has 18 heavy (non-hydrogen) atoms. The average Bonchev–Trinajstić information content (AvgIpc) is 2.84. The number of thioether (sulfide) groups is 1. The van der Waals surface area contributed by atoms with Gasteiger partial charge in [-0.05, 0) is 31.4 Å². The smallest absolute Gasteiger partial charge is 0.237 e. The molecule has 0 amide bonds. The van der Waals surface area contributed by atoms with Crippen molar-refractivity contribution in [2.45, 2.75) is 35.4 Å². The Bertz CT molecular complexity index is 524. The van der Waals surface area contributed by atoms with Crippen LogP contribution in [0.5, 0.6) is 0 Å². The van der Waals surface area contributed by atoms with Crippen LogP contribution in [0.3, 0.4) is 0 Å². The zero-order valence-corrected chi connectivity index (χ0v) is 10.7. The van der Waals surface area contributed by atoms with E-state index in [0.29, 0.717) is 17.5 Å². The largest absolute Gasteiger partial charge is 0.338 e. The summed E-state index contributed by atoms with van der Waals surface area (Å²) in [4.78, 5) is 9.49. The molecular weight excluding hydrogens is 248 g/mol. The third-order valence-corrected chi connectivity index (χ3v) is 4.17. The summed E-state index contributed by atoms with van der Waals surface area (Å²) in [6, 6.07) is 3.91. The van der Waals surface area contributed by atoms with Crippen molar-refractivity contribution in [3.05, 3.63) is 36.2 Å². The predicted octanol–water partition coefficient (Wildman–Crippen LogP) is 2.09. The second kappa shape index (κ2) is 4.70. The Morgan fingerprint density at radius 1 is 1.33 bits per heavy atom. The third-order valence-electron chi connectivity index (χ3n) is 3.17. The summed E-state index contributed by atoms with van der Waals surface area (Å²) in [6.45, 7) is 0. The quantitative estimate of drug-likeness (QED) is 0.850. The first-order chi connectivity index (χ1) is 8.76. The Balaban J connectivity index is 1.64. The molecule has 0 spiro atoms. The Hall–Kier alpha value is -1.40. The summed E-state index contributed by atoms with van der Waals surface area (Å²) in [6.07, 6.45) is 6.58. The minimum absolute atomic E-state index is 0.344. The maximum atomic E-state index is 6.14. The first-order valence-corrected chi connectivity index (χ1v) is 6.90. The second-order valence-electron chi connectivity index (χ2n) is 4.49. The van der Waals surface area contributed by atoms with E-state index in [9.17, 15) is 0 Å². The van der Waals surface area contributed by atoms with Crippen molar-refractivity contribution in [2.24, 2.45) is 5.73 Å². The van der Waals surface area contributed by atoms with Crippen LogP contribution in [0.4, 0.5) is 0 Å². The molecule has 0 saturated heterocycles. The van der Waals surface area contributed by atoms with Gasteiger partial charge in [0.1, 0.15) is 0 Å². The molecule has 6 heteroatoms. The van der Waals surface area contributed by atoms with Gasteiger partial charge in [-0.25, -0.2) is 0 Å². The normalized spacial score (nSPS) is 17.4. The van der Waals surface area contributed by atoms with Gasteiger partial charge in [-0.15, -0.1) is 11.8 Å². The maximum absolute atomic E-state index is 6.14. The van der Waals surface area contributed by atoms with Crippen molar-refractivity contribution >= 4 is 11.8 Å². The van der Waals surface area contributed by atoms with Gasteiger partial charge in [0.2, 0.25) is 5.89 Å². The topological polar surface area (TPSA) is 77.8 Å². The number of aromatic nitrogens is 3. The SMILES string of the molecule is NC1(c2noc(CSc3ccncc3)n2)CCC1. The molecule has 2 heterocycles. The van der Waals surface area contributed by atoms with Gasteiger partial charge in [0.05, 0.1) is 11.3 Å². The lowest BCUT2D eigenvalue weighted by Gasteiger charge is -2.34. The van der Waals surface area contributed by atoms with E-state index < -0.39 is 0 Å². The molecule has 2 aromatic heterocycles. The molecule has 1 saturated carbocycles. The van der Waals surface area contributed by atoms with Gasteiger partial charge >= 0.3 is 0 Å². The van der Waals surface area contributed by atoms with Crippen molar-refractivity contribution in [1.82, 2.24) is 15.1 Å². The van der Waals surface area contributed by atoms with Gasteiger partial charge in [-0.2, -0.15) is 4.98 Å². The van der Waals surface area contributed by atoms with Crippen molar-refractivity contribution < 1.29 is 4.52 Å². The maximum Gasteiger partial charge on any atom is 0.237 e. The molecule has 2 aromatic rings. The second-order valence-corrected chi connectivity index (χ2v) is 5.54. The average molecular weight is 262 g/mol. The van der Waals surface area contributed by atoms with E-state index in [1.807, 2.05) is 12.1 Å². The van der Waals surface area contributed by atoms with Gasteiger partial charge in [0.25, 0.3) is 0 Å². The first-order valence-electron chi connectivity index (χ1n) is 5.91. The molecule has 2 N–H and O–H groups in total. The van der Waals surface area contributed by atoms with Crippen LogP contribution in [0, 0.1) is 0 Å². The number of rotatable bonds is 4. The molecule has 3 rings (SSSR count). The molecular formula is C12H14N4OS. The molecule has 5 nitrogen and oxygen atoms in total. The van der Waals surface area contributed by atoms with Crippen molar-refractivity contribution in [2.75, 3.05) is 0 Å².